The molecule has 0 aliphatic heterocycles. The fourth-order valence-corrected chi connectivity index (χ4v) is 1.13. The van der Waals surface area contributed by atoms with E-state index in [4.69, 9.17) is 10.2 Å². The van der Waals surface area contributed by atoms with Gasteiger partial charge in [-0.1, -0.05) is 7.43 Å². The van der Waals surface area contributed by atoms with Crippen LogP contribution in [0.2, 0.25) is 0 Å². The Hall–Kier alpha value is -0.403. The van der Waals surface area contributed by atoms with Crippen molar-refractivity contribution in [2.75, 3.05) is 0 Å². The van der Waals surface area contributed by atoms with Gasteiger partial charge in [-0.05, 0) is 23.3 Å². The van der Waals surface area contributed by atoms with Gasteiger partial charge in [0.25, 0.3) is 0 Å². The Balaban J connectivity index is -0.000000116. The third-order valence-corrected chi connectivity index (χ3v) is 2.16. The summed E-state index contributed by atoms with van der Waals surface area (Å²) in [6, 6.07) is 7.33. The third-order valence-electron chi connectivity index (χ3n) is 2.16. The van der Waals surface area contributed by atoms with E-state index in [1.54, 1.807) is 24.5 Å². The van der Waals surface area contributed by atoms with E-state index in [-0.39, 0.29) is 70.2 Å². The molecule has 6 heteroatoms. The van der Waals surface area contributed by atoms with Gasteiger partial charge in [0.05, 0.1) is 13.2 Å². The fourth-order valence-electron chi connectivity index (χ4n) is 1.13. The Kier molecular flexibility index (Phi) is 24.1. The first kappa shape index (κ1) is 28.7. The molecule has 2 N–H and O–H groups in total. The van der Waals surface area contributed by atoms with Crippen molar-refractivity contribution in [2.45, 2.75) is 20.6 Å². The summed E-state index contributed by atoms with van der Waals surface area (Å²) < 4.78 is 1.93. The van der Waals surface area contributed by atoms with Crippen LogP contribution >= 0.6 is 0 Å². The van der Waals surface area contributed by atoms with Crippen molar-refractivity contribution in [1.29, 1.82) is 0 Å². The molecule has 2 aromatic rings. The molecule has 21 heavy (non-hydrogen) atoms. The van der Waals surface area contributed by atoms with Crippen LogP contribution in [0.15, 0.2) is 49.1 Å². The Morgan fingerprint density at radius 3 is 1.62 bits per heavy atom. The molecule has 2 aromatic heterocycles. The second-order valence-electron chi connectivity index (χ2n) is 3.54. The predicted octanol–water partition coefficient (Wildman–Crippen LogP) is 1.66. The molecule has 0 unspecified atom stereocenters. The van der Waals surface area contributed by atoms with Crippen molar-refractivity contribution in [3.05, 3.63) is 67.6 Å². The molecule has 2 heterocycles. The van der Waals surface area contributed by atoms with Crippen LogP contribution in [0.1, 0.15) is 18.6 Å². The van der Waals surface area contributed by atoms with Crippen molar-refractivity contribution in [2.24, 2.45) is 7.05 Å². The van der Waals surface area contributed by atoms with Gasteiger partial charge in [0.2, 0.25) is 0 Å². The molecule has 118 valence electrons. The first-order chi connectivity index (χ1) is 8.26. The van der Waals surface area contributed by atoms with Gasteiger partial charge in [0.1, 0.15) is 7.05 Å². The fraction of sp³-hybridized carbons (Fsp3) is 0.267. The van der Waals surface area contributed by atoms with Gasteiger partial charge in [0, 0.05) is 66.7 Å². The van der Waals surface area contributed by atoms with E-state index < -0.39 is 0 Å². The van der Waals surface area contributed by atoms with Crippen LogP contribution in [-0.4, -0.2) is 15.2 Å². The molecular weight excluding hydrogens is 608 g/mol. The number of hydrogen-bond donors (Lipinski definition) is 2. The molecule has 0 saturated carbocycles. The smallest absolute Gasteiger partial charge is 0.168 e. The number of aliphatic hydroxyl groups is 2. The van der Waals surface area contributed by atoms with Crippen molar-refractivity contribution in [1.82, 2.24) is 4.98 Å². The topological polar surface area (TPSA) is 57.2 Å². The number of aliphatic hydroxyl groups excluding tert-OH is 2. The Labute approximate surface area is 156 Å². The van der Waals surface area contributed by atoms with E-state index in [0.717, 1.165) is 11.1 Å². The maximum Gasteiger partial charge on any atom is 0.168 e. The molecule has 0 amide bonds. The normalized spacial score (nSPS) is 7.57. The Bertz CT molecular complexity index is 425. The zero-order valence-corrected chi connectivity index (χ0v) is 17.5. The van der Waals surface area contributed by atoms with Gasteiger partial charge in [-0.2, -0.15) is 0 Å². The second-order valence-corrected chi connectivity index (χ2v) is 3.54. The van der Waals surface area contributed by atoms with Gasteiger partial charge in [-0.3, -0.25) is 4.98 Å². The van der Waals surface area contributed by atoms with E-state index in [0.29, 0.717) is 0 Å². The summed E-state index contributed by atoms with van der Waals surface area (Å²) in [5, 5.41) is 17.1. The van der Waals surface area contributed by atoms with Crippen LogP contribution in [0.5, 0.6) is 0 Å². The van der Waals surface area contributed by atoms with Crippen molar-refractivity contribution < 1.29 is 56.9 Å². The molecule has 0 fully saturated rings. The van der Waals surface area contributed by atoms with Gasteiger partial charge in [-0.15, -0.1) is 0 Å². The van der Waals surface area contributed by atoms with Gasteiger partial charge >= 0.3 is 0 Å². The summed E-state index contributed by atoms with van der Waals surface area (Å²) in [7, 11) is 1.95. The number of aryl methyl sites for hydroxylation is 1. The molecular formula is C15H24N2O2W2. The summed E-state index contributed by atoms with van der Waals surface area (Å²) in [5.74, 6) is 0. The molecule has 0 aliphatic carbocycles. The Morgan fingerprint density at radius 2 is 1.29 bits per heavy atom. The van der Waals surface area contributed by atoms with E-state index in [9.17, 15) is 0 Å². The second kappa shape index (κ2) is 17.6. The first-order valence-corrected chi connectivity index (χ1v) is 5.31. The molecule has 0 saturated heterocycles. The van der Waals surface area contributed by atoms with Gasteiger partial charge < -0.3 is 17.6 Å². The van der Waals surface area contributed by atoms with E-state index in [1.165, 1.54) is 0 Å². The largest absolute Gasteiger partial charge is 0.392 e. The number of aromatic nitrogens is 2. The molecule has 0 aliphatic rings. The molecule has 4 nitrogen and oxygen atoms in total. The van der Waals surface area contributed by atoms with Crippen molar-refractivity contribution in [3.8, 4) is 0 Å². The van der Waals surface area contributed by atoms with Gasteiger partial charge in [-0.25, -0.2) is 4.57 Å². The first-order valence-electron chi connectivity index (χ1n) is 5.31. The summed E-state index contributed by atoms with van der Waals surface area (Å²) in [6.07, 6.45) is 7.13. The summed E-state index contributed by atoms with van der Waals surface area (Å²) in [4.78, 5) is 3.78. The maximum atomic E-state index is 8.62. The number of nitrogens with zero attached hydrogens (tertiary/aromatic N) is 2. The van der Waals surface area contributed by atoms with Crippen LogP contribution < -0.4 is 4.57 Å². The number of rotatable bonds is 2. The van der Waals surface area contributed by atoms with Crippen LogP contribution in [0.3, 0.4) is 0 Å². The molecule has 0 atom stereocenters. The van der Waals surface area contributed by atoms with Crippen LogP contribution in [0, 0.1) is 7.43 Å². The molecule has 0 aromatic carbocycles. The molecule has 0 spiro atoms. The molecule has 2 rings (SSSR count). The van der Waals surface area contributed by atoms with E-state index in [1.807, 2.05) is 36.1 Å². The quantitative estimate of drug-likeness (QED) is 0.392. The molecule has 0 radical (unpaired) electrons. The van der Waals surface area contributed by atoms with Gasteiger partial charge in [0.15, 0.2) is 12.4 Å². The zero-order chi connectivity index (χ0) is 12.5. The van der Waals surface area contributed by atoms with Crippen molar-refractivity contribution in [3.63, 3.8) is 0 Å². The average molecular weight is 632 g/mol. The van der Waals surface area contributed by atoms with Crippen LogP contribution in [0.4, 0.5) is 0 Å². The molecule has 0 bridgehead atoms. The minimum Gasteiger partial charge on any atom is -0.392 e. The van der Waals surface area contributed by atoms with Crippen LogP contribution in [-0.2, 0) is 62.4 Å². The minimum atomic E-state index is 0. The van der Waals surface area contributed by atoms with Crippen LogP contribution in [0.25, 0.3) is 0 Å². The van der Waals surface area contributed by atoms with Crippen molar-refractivity contribution >= 4 is 0 Å². The van der Waals surface area contributed by atoms with E-state index >= 15 is 0 Å². The summed E-state index contributed by atoms with van der Waals surface area (Å²) in [5.41, 5.74) is 1.85. The zero-order valence-electron chi connectivity index (χ0n) is 11.6. The summed E-state index contributed by atoms with van der Waals surface area (Å²) in [6.45, 7) is 0.226. The number of hydrogen-bond acceptors (Lipinski definition) is 3. The predicted molar refractivity (Wildman–Crippen MR) is 76.8 cm³/mol. The average Bonchev–Trinajstić information content (AvgIpc) is 2.41. The maximum absolute atomic E-state index is 8.62. The standard InChI is InChI=1S/C7H10NO.C6H7NO.CH4.CH3.2W/c1-8-4-2-7(6-9)3-5-8;8-5-6-1-3-7-4-2-6;;;;/h2-5,9H,6H2,1H3;1-4,8H,5H2;1H4;1H3;;/q+1;;;-1;;. The Morgan fingerprint density at radius 1 is 0.905 bits per heavy atom. The SMILES string of the molecule is C.C[n+]1ccc(CO)cc1.OCc1ccncc1.[CH3-].[W].[W]. The monoisotopic (exact) mass is 632 g/mol. The third kappa shape index (κ3) is 13.0. The van der Waals surface area contributed by atoms with E-state index in [2.05, 4.69) is 4.98 Å². The summed E-state index contributed by atoms with van der Waals surface area (Å²) >= 11 is 0. The number of pyridine rings is 2. The minimum absolute atomic E-state index is 0.